The minimum atomic E-state index is 0.535. The topological polar surface area (TPSA) is 47.3 Å². The lowest BCUT2D eigenvalue weighted by Gasteiger charge is -2.04. The third-order valence-corrected chi connectivity index (χ3v) is 3.33. The number of aryl methyl sites for hydroxylation is 1. The van der Waals surface area contributed by atoms with E-state index in [0.717, 1.165) is 33.5 Å². The standard InChI is InChI=1S/C16H16N2O2/c1-10-15(18-16(17-2)20-10)13-5-4-12-9-14(19-3)7-6-11(12)8-13/h4-9H,1-3H3,(H,17,18). The highest BCUT2D eigenvalue weighted by Crippen LogP contribution is 2.29. The number of hydrogen-bond donors (Lipinski definition) is 1. The Labute approximate surface area is 117 Å². The highest BCUT2D eigenvalue weighted by molar-refractivity contribution is 5.88. The Balaban J connectivity index is 2.10. The van der Waals surface area contributed by atoms with Gasteiger partial charge in [-0.1, -0.05) is 18.2 Å². The minimum absolute atomic E-state index is 0.535. The molecule has 20 heavy (non-hydrogen) atoms. The predicted molar refractivity (Wildman–Crippen MR) is 80.3 cm³/mol. The molecule has 1 N–H and O–H groups in total. The van der Waals surface area contributed by atoms with Crippen LogP contribution in [0.5, 0.6) is 5.75 Å². The Hall–Kier alpha value is -2.49. The number of hydrogen-bond acceptors (Lipinski definition) is 4. The summed E-state index contributed by atoms with van der Waals surface area (Å²) >= 11 is 0. The summed E-state index contributed by atoms with van der Waals surface area (Å²) < 4.78 is 10.8. The largest absolute Gasteiger partial charge is 0.497 e. The average Bonchev–Trinajstić information content (AvgIpc) is 2.87. The van der Waals surface area contributed by atoms with Crippen LogP contribution in [0.4, 0.5) is 6.01 Å². The van der Waals surface area contributed by atoms with Crippen molar-refractivity contribution in [2.75, 3.05) is 19.5 Å². The average molecular weight is 268 g/mol. The number of aromatic nitrogens is 1. The van der Waals surface area contributed by atoms with Gasteiger partial charge in [-0.15, -0.1) is 0 Å². The van der Waals surface area contributed by atoms with Crippen LogP contribution in [0.1, 0.15) is 5.76 Å². The van der Waals surface area contributed by atoms with Crippen LogP contribution in [0.2, 0.25) is 0 Å². The maximum Gasteiger partial charge on any atom is 0.295 e. The number of oxazole rings is 1. The lowest BCUT2D eigenvalue weighted by Crippen LogP contribution is -1.87. The molecule has 4 heteroatoms. The van der Waals surface area contributed by atoms with Crippen molar-refractivity contribution < 1.29 is 9.15 Å². The molecule has 0 aliphatic heterocycles. The van der Waals surface area contributed by atoms with Gasteiger partial charge in [0.15, 0.2) is 0 Å². The molecule has 1 aromatic heterocycles. The van der Waals surface area contributed by atoms with Gasteiger partial charge < -0.3 is 14.5 Å². The van der Waals surface area contributed by atoms with Gasteiger partial charge in [-0.2, -0.15) is 4.98 Å². The highest BCUT2D eigenvalue weighted by Gasteiger charge is 2.11. The molecule has 0 unspecified atom stereocenters. The van der Waals surface area contributed by atoms with Crippen LogP contribution in [-0.4, -0.2) is 19.1 Å². The zero-order valence-corrected chi connectivity index (χ0v) is 11.7. The fourth-order valence-electron chi connectivity index (χ4n) is 2.27. The second-order valence-corrected chi connectivity index (χ2v) is 4.60. The van der Waals surface area contributed by atoms with Crippen molar-refractivity contribution in [1.29, 1.82) is 0 Å². The number of anilines is 1. The summed E-state index contributed by atoms with van der Waals surface area (Å²) in [4.78, 5) is 4.44. The van der Waals surface area contributed by atoms with E-state index < -0.39 is 0 Å². The Morgan fingerprint density at radius 3 is 2.55 bits per heavy atom. The van der Waals surface area contributed by atoms with E-state index in [1.54, 1.807) is 14.2 Å². The molecule has 2 aromatic carbocycles. The van der Waals surface area contributed by atoms with E-state index in [4.69, 9.17) is 9.15 Å². The van der Waals surface area contributed by atoms with E-state index in [1.807, 2.05) is 31.2 Å². The summed E-state index contributed by atoms with van der Waals surface area (Å²) in [5, 5.41) is 5.21. The van der Waals surface area contributed by atoms with Gasteiger partial charge in [0.25, 0.3) is 6.01 Å². The molecule has 0 aliphatic rings. The van der Waals surface area contributed by atoms with Crippen LogP contribution in [0.3, 0.4) is 0 Å². The van der Waals surface area contributed by atoms with Gasteiger partial charge in [0, 0.05) is 12.6 Å². The molecule has 102 valence electrons. The molecule has 0 amide bonds. The summed E-state index contributed by atoms with van der Waals surface area (Å²) in [5.74, 6) is 1.67. The second kappa shape index (κ2) is 4.89. The maximum absolute atomic E-state index is 5.52. The number of fused-ring (bicyclic) bond motifs is 1. The number of benzene rings is 2. The maximum atomic E-state index is 5.52. The zero-order valence-electron chi connectivity index (χ0n) is 11.7. The number of ether oxygens (including phenoxy) is 1. The van der Waals surface area contributed by atoms with Crippen molar-refractivity contribution >= 4 is 16.8 Å². The number of rotatable bonds is 3. The Morgan fingerprint density at radius 1 is 1.10 bits per heavy atom. The van der Waals surface area contributed by atoms with E-state index in [0.29, 0.717) is 6.01 Å². The summed E-state index contributed by atoms with van der Waals surface area (Å²) in [5.41, 5.74) is 1.91. The molecule has 0 radical (unpaired) electrons. The molecule has 3 rings (SSSR count). The minimum Gasteiger partial charge on any atom is -0.497 e. The van der Waals surface area contributed by atoms with Crippen LogP contribution in [0.15, 0.2) is 40.8 Å². The fourth-order valence-corrected chi connectivity index (χ4v) is 2.27. The highest BCUT2D eigenvalue weighted by atomic mass is 16.5. The van der Waals surface area contributed by atoms with Crippen molar-refractivity contribution in [3.63, 3.8) is 0 Å². The number of nitrogens with one attached hydrogen (secondary N) is 1. The number of methoxy groups -OCH3 is 1. The fraction of sp³-hybridized carbons (Fsp3) is 0.188. The van der Waals surface area contributed by atoms with Gasteiger partial charge >= 0.3 is 0 Å². The molecule has 0 fully saturated rings. The molecular weight excluding hydrogens is 252 g/mol. The molecule has 0 saturated carbocycles. The first-order chi connectivity index (χ1) is 9.71. The van der Waals surface area contributed by atoms with E-state index in [-0.39, 0.29) is 0 Å². The van der Waals surface area contributed by atoms with Crippen LogP contribution in [0.25, 0.3) is 22.0 Å². The predicted octanol–water partition coefficient (Wildman–Crippen LogP) is 3.85. The van der Waals surface area contributed by atoms with Crippen molar-refractivity contribution in [3.8, 4) is 17.0 Å². The third kappa shape index (κ3) is 2.09. The lowest BCUT2D eigenvalue weighted by molar-refractivity contribution is 0.415. The van der Waals surface area contributed by atoms with Crippen LogP contribution in [-0.2, 0) is 0 Å². The molecule has 0 bridgehead atoms. The summed E-state index contributed by atoms with van der Waals surface area (Å²) in [6.07, 6.45) is 0. The molecule has 0 atom stereocenters. The quantitative estimate of drug-likeness (QED) is 0.783. The molecule has 0 saturated heterocycles. The summed E-state index contributed by atoms with van der Waals surface area (Å²) in [6, 6.07) is 12.8. The molecular formula is C16H16N2O2. The normalized spacial score (nSPS) is 10.8. The lowest BCUT2D eigenvalue weighted by atomic mass is 10.0. The van der Waals surface area contributed by atoms with Gasteiger partial charge in [-0.3, -0.25) is 0 Å². The van der Waals surface area contributed by atoms with Crippen LogP contribution >= 0.6 is 0 Å². The van der Waals surface area contributed by atoms with E-state index in [1.165, 1.54) is 0 Å². The molecule has 0 aliphatic carbocycles. The first kappa shape index (κ1) is 12.5. The van der Waals surface area contributed by atoms with Crippen molar-refractivity contribution in [1.82, 2.24) is 4.98 Å². The second-order valence-electron chi connectivity index (χ2n) is 4.60. The van der Waals surface area contributed by atoms with Crippen LogP contribution in [0, 0.1) is 6.92 Å². The van der Waals surface area contributed by atoms with Gasteiger partial charge in [-0.05, 0) is 35.9 Å². The van der Waals surface area contributed by atoms with Crippen molar-refractivity contribution in [2.24, 2.45) is 0 Å². The smallest absolute Gasteiger partial charge is 0.295 e. The molecule has 4 nitrogen and oxygen atoms in total. The Morgan fingerprint density at radius 2 is 1.85 bits per heavy atom. The molecule has 3 aromatic rings. The zero-order chi connectivity index (χ0) is 14.1. The summed E-state index contributed by atoms with van der Waals surface area (Å²) in [6.45, 7) is 1.92. The first-order valence-electron chi connectivity index (χ1n) is 6.44. The third-order valence-electron chi connectivity index (χ3n) is 3.33. The van der Waals surface area contributed by atoms with Gasteiger partial charge in [-0.25, -0.2) is 0 Å². The first-order valence-corrected chi connectivity index (χ1v) is 6.44. The van der Waals surface area contributed by atoms with E-state index in [2.05, 4.69) is 22.4 Å². The summed E-state index contributed by atoms with van der Waals surface area (Å²) in [7, 11) is 3.47. The monoisotopic (exact) mass is 268 g/mol. The van der Waals surface area contributed by atoms with E-state index >= 15 is 0 Å². The van der Waals surface area contributed by atoms with Gasteiger partial charge in [0.2, 0.25) is 0 Å². The number of nitrogens with zero attached hydrogens (tertiary/aromatic N) is 1. The van der Waals surface area contributed by atoms with Gasteiger partial charge in [0.05, 0.1) is 7.11 Å². The molecule has 1 heterocycles. The van der Waals surface area contributed by atoms with Crippen LogP contribution < -0.4 is 10.1 Å². The van der Waals surface area contributed by atoms with E-state index in [9.17, 15) is 0 Å². The Bertz CT molecular complexity index is 762. The SMILES string of the molecule is CNc1nc(-c2ccc3cc(OC)ccc3c2)c(C)o1. The molecule has 0 spiro atoms. The van der Waals surface area contributed by atoms with Gasteiger partial charge in [0.1, 0.15) is 17.2 Å². The van der Waals surface area contributed by atoms with Crippen molar-refractivity contribution in [3.05, 3.63) is 42.2 Å². The Kier molecular flexibility index (Phi) is 3.06. The van der Waals surface area contributed by atoms with Crippen molar-refractivity contribution in [2.45, 2.75) is 6.92 Å².